The molecule has 1 aromatic heterocycles. The maximum atomic E-state index is 9.22. The SMILES string of the molecule is N#C[C@H](Cc1cccc(Br)c1)c1cccnc1. The molecule has 0 unspecified atom stereocenters. The van der Waals surface area contributed by atoms with Crippen molar-refractivity contribution < 1.29 is 0 Å². The predicted octanol–water partition coefficient (Wildman–Crippen LogP) is 3.69. The van der Waals surface area contributed by atoms with E-state index in [4.69, 9.17) is 0 Å². The van der Waals surface area contributed by atoms with Crippen molar-refractivity contribution in [2.45, 2.75) is 12.3 Å². The number of aromatic nitrogens is 1. The van der Waals surface area contributed by atoms with E-state index in [1.54, 1.807) is 12.4 Å². The van der Waals surface area contributed by atoms with E-state index in [1.165, 1.54) is 0 Å². The van der Waals surface area contributed by atoms with Crippen LogP contribution in [0.15, 0.2) is 53.3 Å². The average molecular weight is 287 g/mol. The smallest absolute Gasteiger partial charge is 0.0767 e. The van der Waals surface area contributed by atoms with Crippen LogP contribution in [0.3, 0.4) is 0 Å². The monoisotopic (exact) mass is 286 g/mol. The van der Waals surface area contributed by atoms with Crippen molar-refractivity contribution in [3.05, 3.63) is 64.4 Å². The van der Waals surface area contributed by atoms with E-state index in [0.29, 0.717) is 6.42 Å². The number of nitrogens with zero attached hydrogens (tertiary/aromatic N) is 2. The van der Waals surface area contributed by atoms with Crippen LogP contribution < -0.4 is 0 Å². The summed E-state index contributed by atoms with van der Waals surface area (Å²) < 4.78 is 1.04. The summed E-state index contributed by atoms with van der Waals surface area (Å²) in [6, 6.07) is 14.2. The maximum Gasteiger partial charge on any atom is 0.0767 e. The fraction of sp³-hybridized carbons (Fsp3) is 0.143. The van der Waals surface area contributed by atoms with Crippen molar-refractivity contribution in [2.24, 2.45) is 0 Å². The molecule has 0 N–H and O–H groups in total. The second-order valence-corrected chi connectivity index (χ2v) is 4.72. The predicted molar refractivity (Wildman–Crippen MR) is 70.4 cm³/mol. The highest BCUT2D eigenvalue weighted by molar-refractivity contribution is 9.10. The maximum absolute atomic E-state index is 9.22. The molecular weight excluding hydrogens is 276 g/mol. The third-order valence-electron chi connectivity index (χ3n) is 2.57. The Kier molecular flexibility index (Phi) is 3.89. The van der Waals surface area contributed by atoms with Crippen LogP contribution in [-0.2, 0) is 6.42 Å². The van der Waals surface area contributed by atoms with Gasteiger partial charge in [-0.05, 0) is 35.7 Å². The van der Waals surface area contributed by atoms with Gasteiger partial charge in [0.25, 0.3) is 0 Å². The third-order valence-corrected chi connectivity index (χ3v) is 3.06. The van der Waals surface area contributed by atoms with Crippen LogP contribution in [0.1, 0.15) is 17.0 Å². The van der Waals surface area contributed by atoms with Gasteiger partial charge in [-0.15, -0.1) is 0 Å². The van der Waals surface area contributed by atoms with Gasteiger partial charge in [-0.2, -0.15) is 5.26 Å². The molecule has 0 aliphatic carbocycles. The Morgan fingerprint density at radius 1 is 1.29 bits per heavy atom. The molecule has 0 aliphatic heterocycles. The zero-order chi connectivity index (χ0) is 12.1. The van der Waals surface area contributed by atoms with Crippen molar-refractivity contribution >= 4 is 15.9 Å². The second kappa shape index (κ2) is 5.60. The molecule has 0 saturated carbocycles. The molecule has 2 nitrogen and oxygen atoms in total. The van der Waals surface area contributed by atoms with Gasteiger partial charge in [0.15, 0.2) is 0 Å². The standard InChI is InChI=1S/C14H11BrN2/c15-14-5-1-3-11(8-14)7-13(9-16)12-4-2-6-17-10-12/h1-6,8,10,13H,7H2/t13-/m0/s1. The first-order valence-electron chi connectivity index (χ1n) is 5.33. The van der Waals surface area contributed by atoms with Crippen LogP contribution in [0, 0.1) is 11.3 Å². The van der Waals surface area contributed by atoms with Gasteiger partial charge in [0, 0.05) is 16.9 Å². The van der Waals surface area contributed by atoms with E-state index in [2.05, 4.69) is 27.0 Å². The van der Waals surface area contributed by atoms with Crippen molar-refractivity contribution in [1.82, 2.24) is 4.98 Å². The molecular formula is C14H11BrN2. The zero-order valence-electron chi connectivity index (χ0n) is 9.18. The molecule has 17 heavy (non-hydrogen) atoms. The number of benzene rings is 1. The molecule has 0 radical (unpaired) electrons. The minimum Gasteiger partial charge on any atom is -0.264 e. The first-order chi connectivity index (χ1) is 8.29. The van der Waals surface area contributed by atoms with E-state index in [-0.39, 0.29) is 5.92 Å². The molecule has 0 aliphatic rings. The fourth-order valence-corrected chi connectivity index (χ4v) is 2.17. The molecule has 1 heterocycles. The summed E-state index contributed by atoms with van der Waals surface area (Å²) in [6.45, 7) is 0. The molecule has 84 valence electrons. The number of hydrogen-bond donors (Lipinski definition) is 0. The second-order valence-electron chi connectivity index (χ2n) is 3.80. The van der Waals surface area contributed by atoms with Crippen molar-refractivity contribution in [1.29, 1.82) is 5.26 Å². The van der Waals surface area contributed by atoms with Crippen molar-refractivity contribution in [3.63, 3.8) is 0 Å². The van der Waals surface area contributed by atoms with Gasteiger partial charge in [-0.3, -0.25) is 4.98 Å². The van der Waals surface area contributed by atoms with E-state index >= 15 is 0 Å². The average Bonchev–Trinajstić information content (AvgIpc) is 2.37. The minimum atomic E-state index is -0.141. The zero-order valence-corrected chi connectivity index (χ0v) is 10.8. The molecule has 0 amide bonds. The number of rotatable bonds is 3. The summed E-state index contributed by atoms with van der Waals surface area (Å²) in [5.41, 5.74) is 2.12. The van der Waals surface area contributed by atoms with Crippen LogP contribution >= 0.6 is 15.9 Å². The van der Waals surface area contributed by atoms with Crippen molar-refractivity contribution in [2.75, 3.05) is 0 Å². The highest BCUT2D eigenvalue weighted by atomic mass is 79.9. The van der Waals surface area contributed by atoms with Crippen LogP contribution in [-0.4, -0.2) is 4.98 Å². The quantitative estimate of drug-likeness (QED) is 0.863. The Bertz CT molecular complexity index is 531. The topological polar surface area (TPSA) is 36.7 Å². The van der Waals surface area contributed by atoms with Crippen LogP contribution in [0.4, 0.5) is 0 Å². The number of halogens is 1. The highest BCUT2D eigenvalue weighted by Crippen LogP contribution is 2.21. The summed E-state index contributed by atoms with van der Waals surface area (Å²) in [5.74, 6) is -0.141. The van der Waals surface area contributed by atoms with Gasteiger partial charge in [-0.25, -0.2) is 0 Å². The van der Waals surface area contributed by atoms with Crippen LogP contribution in [0.5, 0.6) is 0 Å². The molecule has 1 aromatic carbocycles. The van der Waals surface area contributed by atoms with Gasteiger partial charge < -0.3 is 0 Å². The molecule has 1 atom stereocenters. The van der Waals surface area contributed by atoms with Gasteiger partial charge in [0.1, 0.15) is 0 Å². The summed E-state index contributed by atoms with van der Waals surface area (Å²) in [5, 5.41) is 9.22. The Balaban J connectivity index is 2.20. The summed E-state index contributed by atoms with van der Waals surface area (Å²) in [7, 11) is 0. The van der Waals surface area contributed by atoms with Gasteiger partial charge in [0.05, 0.1) is 12.0 Å². The Labute approximate surface area is 109 Å². The van der Waals surface area contributed by atoms with E-state index < -0.39 is 0 Å². The van der Waals surface area contributed by atoms with Gasteiger partial charge in [-0.1, -0.05) is 34.1 Å². The fourth-order valence-electron chi connectivity index (χ4n) is 1.72. The van der Waals surface area contributed by atoms with Crippen LogP contribution in [0.25, 0.3) is 0 Å². The number of nitriles is 1. The van der Waals surface area contributed by atoms with Crippen LogP contribution in [0.2, 0.25) is 0 Å². The lowest BCUT2D eigenvalue weighted by molar-refractivity contribution is 0.842. The Hall–Kier alpha value is -1.66. The molecule has 3 heteroatoms. The van der Waals surface area contributed by atoms with E-state index in [1.807, 2.05) is 36.4 Å². The van der Waals surface area contributed by atoms with Gasteiger partial charge in [0.2, 0.25) is 0 Å². The lowest BCUT2D eigenvalue weighted by atomic mass is 9.94. The number of hydrogen-bond acceptors (Lipinski definition) is 2. The summed E-state index contributed by atoms with van der Waals surface area (Å²) in [4.78, 5) is 4.05. The Morgan fingerprint density at radius 3 is 2.82 bits per heavy atom. The van der Waals surface area contributed by atoms with E-state index in [0.717, 1.165) is 15.6 Å². The molecule has 0 bridgehead atoms. The normalized spacial score (nSPS) is 11.8. The van der Waals surface area contributed by atoms with Gasteiger partial charge >= 0.3 is 0 Å². The largest absolute Gasteiger partial charge is 0.264 e. The lowest BCUT2D eigenvalue weighted by Gasteiger charge is -2.09. The summed E-state index contributed by atoms with van der Waals surface area (Å²) >= 11 is 3.43. The molecule has 0 fully saturated rings. The third kappa shape index (κ3) is 3.15. The lowest BCUT2D eigenvalue weighted by Crippen LogP contribution is -2.00. The minimum absolute atomic E-state index is 0.141. The first kappa shape index (κ1) is 11.8. The summed E-state index contributed by atoms with van der Waals surface area (Å²) in [6.07, 6.45) is 4.19. The number of pyridine rings is 1. The van der Waals surface area contributed by atoms with E-state index in [9.17, 15) is 5.26 Å². The highest BCUT2D eigenvalue weighted by Gasteiger charge is 2.11. The Morgan fingerprint density at radius 2 is 2.18 bits per heavy atom. The first-order valence-corrected chi connectivity index (χ1v) is 6.13. The molecule has 0 saturated heterocycles. The molecule has 2 aromatic rings. The molecule has 2 rings (SSSR count). The molecule has 0 spiro atoms. The van der Waals surface area contributed by atoms with Crippen molar-refractivity contribution in [3.8, 4) is 6.07 Å².